The third-order valence-electron chi connectivity index (χ3n) is 5.29. The smallest absolute Gasteiger partial charge is 0.289 e. The van der Waals surface area contributed by atoms with Crippen LogP contribution in [-0.4, -0.2) is 68.3 Å². The lowest BCUT2D eigenvalue weighted by Crippen LogP contribution is -2.51. The molecule has 3 aromatic rings. The molecule has 2 amide bonds. The van der Waals surface area contributed by atoms with Gasteiger partial charge in [0.2, 0.25) is 5.91 Å². The van der Waals surface area contributed by atoms with Gasteiger partial charge in [-0.2, -0.15) is 0 Å². The van der Waals surface area contributed by atoms with Gasteiger partial charge in [-0.05, 0) is 36.4 Å². The van der Waals surface area contributed by atoms with Crippen LogP contribution in [0.1, 0.15) is 29.4 Å². The zero-order valence-corrected chi connectivity index (χ0v) is 17.9. The Morgan fingerprint density at radius 3 is 2.57 bits per heavy atom. The molecule has 1 aliphatic heterocycles. The van der Waals surface area contributed by atoms with Gasteiger partial charge in [0.1, 0.15) is 0 Å². The number of furan rings is 1. The van der Waals surface area contributed by atoms with Gasteiger partial charge in [-0.1, -0.05) is 17.8 Å². The predicted octanol–water partition coefficient (Wildman–Crippen LogP) is 3.01. The average Bonchev–Trinajstić information content (AvgIpc) is 3.22. The molecule has 4 heterocycles. The van der Waals surface area contributed by atoms with Crippen molar-refractivity contribution in [2.75, 3.05) is 31.9 Å². The summed E-state index contributed by atoms with van der Waals surface area (Å²) in [5, 5.41) is 11.6. The van der Waals surface area contributed by atoms with Crippen molar-refractivity contribution in [3.8, 4) is 10.7 Å². The van der Waals surface area contributed by atoms with E-state index in [9.17, 15) is 9.59 Å². The largest absolute Gasteiger partial charge is 0.459 e. The quantitative estimate of drug-likeness (QED) is 0.545. The summed E-state index contributed by atoms with van der Waals surface area (Å²) in [4.78, 5) is 29.7. The van der Waals surface area contributed by atoms with Crippen molar-refractivity contribution in [2.45, 2.75) is 24.0 Å². The molecule has 0 aromatic carbocycles. The molecular formula is C20H21N5O3S2. The predicted molar refractivity (Wildman–Crippen MR) is 114 cm³/mol. The SMILES string of the molecule is O=C(CSc1nnc(-c2cccs2)n1C1CC1)N1CCN(C(=O)c2ccco2)CC1. The summed E-state index contributed by atoms with van der Waals surface area (Å²) in [6.45, 7) is 2.08. The van der Waals surface area contributed by atoms with Gasteiger partial charge >= 0.3 is 0 Å². The van der Waals surface area contributed by atoms with E-state index in [1.54, 1.807) is 28.4 Å². The van der Waals surface area contributed by atoms with Gasteiger partial charge < -0.3 is 14.2 Å². The van der Waals surface area contributed by atoms with Crippen molar-refractivity contribution in [3.05, 3.63) is 41.7 Å². The van der Waals surface area contributed by atoms with E-state index < -0.39 is 0 Å². The van der Waals surface area contributed by atoms with Crippen LogP contribution < -0.4 is 0 Å². The molecule has 0 spiro atoms. The van der Waals surface area contributed by atoms with Gasteiger partial charge in [0, 0.05) is 32.2 Å². The highest BCUT2D eigenvalue weighted by Crippen LogP contribution is 2.41. The van der Waals surface area contributed by atoms with Crippen molar-refractivity contribution in [1.82, 2.24) is 24.6 Å². The van der Waals surface area contributed by atoms with Gasteiger partial charge in [0.05, 0.1) is 16.9 Å². The first-order valence-electron chi connectivity index (χ1n) is 9.93. The number of hydrogen-bond acceptors (Lipinski definition) is 7. The molecule has 30 heavy (non-hydrogen) atoms. The molecule has 5 rings (SSSR count). The van der Waals surface area contributed by atoms with Gasteiger partial charge in [-0.25, -0.2) is 0 Å². The molecular weight excluding hydrogens is 422 g/mol. The van der Waals surface area contributed by atoms with Crippen molar-refractivity contribution >= 4 is 34.9 Å². The lowest BCUT2D eigenvalue weighted by Gasteiger charge is -2.34. The van der Waals surface area contributed by atoms with E-state index >= 15 is 0 Å². The summed E-state index contributed by atoms with van der Waals surface area (Å²) in [6, 6.07) is 7.87. The Hall–Kier alpha value is -2.59. The molecule has 10 heteroatoms. The first-order chi connectivity index (χ1) is 14.7. The number of carbonyl (C=O) groups excluding carboxylic acids is 2. The zero-order chi connectivity index (χ0) is 20.5. The van der Waals surface area contributed by atoms with E-state index in [1.807, 2.05) is 16.3 Å². The molecule has 8 nitrogen and oxygen atoms in total. The van der Waals surface area contributed by atoms with E-state index in [0.717, 1.165) is 28.7 Å². The van der Waals surface area contributed by atoms with E-state index in [0.29, 0.717) is 43.7 Å². The van der Waals surface area contributed by atoms with Crippen LogP contribution in [0.2, 0.25) is 0 Å². The van der Waals surface area contributed by atoms with E-state index in [-0.39, 0.29) is 11.8 Å². The van der Waals surface area contributed by atoms with Gasteiger partial charge in [0.15, 0.2) is 16.7 Å². The van der Waals surface area contributed by atoms with E-state index in [2.05, 4.69) is 20.8 Å². The molecule has 0 atom stereocenters. The molecule has 156 valence electrons. The Balaban J connectivity index is 1.18. The molecule has 0 bridgehead atoms. The molecule has 3 aromatic heterocycles. The fourth-order valence-electron chi connectivity index (χ4n) is 3.54. The molecule has 0 radical (unpaired) electrons. The van der Waals surface area contributed by atoms with Gasteiger partial charge in [-0.3, -0.25) is 14.2 Å². The number of thiophene rings is 1. The van der Waals surface area contributed by atoms with Crippen molar-refractivity contribution in [2.24, 2.45) is 0 Å². The van der Waals surface area contributed by atoms with Crippen LogP contribution in [0, 0.1) is 0 Å². The van der Waals surface area contributed by atoms with Gasteiger partial charge in [-0.15, -0.1) is 21.5 Å². The zero-order valence-electron chi connectivity index (χ0n) is 16.3. The minimum Gasteiger partial charge on any atom is -0.459 e. The normalized spacial score (nSPS) is 16.8. The standard InChI is InChI=1S/C20H21N5O3S2/c26-17(23-7-9-24(10-8-23)19(27)15-3-1-11-28-15)13-30-20-22-21-18(16-4-2-12-29-16)25(20)14-5-6-14/h1-4,11-12,14H,5-10,13H2. The second-order valence-corrected chi connectivity index (χ2v) is 9.21. The second kappa shape index (κ2) is 8.27. The Labute approximate surface area is 181 Å². The molecule has 1 saturated heterocycles. The highest BCUT2D eigenvalue weighted by molar-refractivity contribution is 7.99. The molecule has 0 unspecified atom stereocenters. The first kappa shape index (κ1) is 19.4. The number of carbonyl (C=O) groups is 2. The van der Waals surface area contributed by atoms with E-state index in [4.69, 9.17) is 4.42 Å². The fraction of sp³-hybridized carbons (Fsp3) is 0.400. The summed E-state index contributed by atoms with van der Waals surface area (Å²) in [5.74, 6) is 1.49. The van der Waals surface area contributed by atoms with Crippen LogP contribution in [0.4, 0.5) is 0 Å². The minimum absolute atomic E-state index is 0.0631. The number of aromatic nitrogens is 3. The molecule has 1 aliphatic carbocycles. The van der Waals surface area contributed by atoms with Gasteiger partial charge in [0.25, 0.3) is 5.91 Å². The lowest BCUT2D eigenvalue weighted by molar-refractivity contribution is -0.129. The number of rotatable bonds is 6. The van der Waals surface area contributed by atoms with Crippen LogP contribution in [0.3, 0.4) is 0 Å². The highest BCUT2D eigenvalue weighted by atomic mass is 32.2. The van der Waals surface area contributed by atoms with E-state index in [1.165, 1.54) is 18.0 Å². The topological polar surface area (TPSA) is 84.5 Å². The number of hydrogen-bond donors (Lipinski definition) is 0. The van der Waals surface area contributed by atoms with Crippen molar-refractivity contribution < 1.29 is 14.0 Å². The second-order valence-electron chi connectivity index (χ2n) is 7.32. The maximum atomic E-state index is 12.7. The number of amides is 2. The maximum Gasteiger partial charge on any atom is 0.289 e. The summed E-state index contributed by atoms with van der Waals surface area (Å²) in [7, 11) is 0. The fourth-order valence-corrected chi connectivity index (χ4v) is 5.16. The number of thioether (sulfide) groups is 1. The van der Waals surface area contributed by atoms with Crippen LogP contribution in [-0.2, 0) is 4.79 Å². The Morgan fingerprint density at radius 2 is 1.90 bits per heavy atom. The van der Waals surface area contributed by atoms with Crippen molar-refractivity contribution in [3.63, 3.8) is 0 Å². The minimum atomic E-state index is -0.125. The summed E-state index contributed by atoms with van der Waals surface area (Å²) in [5.41, 5.74) is 0. The van der Waals surface area contributed by atoms with Crippen LogP contribution in [0.5, 0.6) is 0 Å². The average molecular weight is 444 g/mol. The number of nitrogens with zero attached hydrogens (tertiary/aromatic N) is 5. The Kier molecular flexibility index (Phi) is 5.34. The summed E-state index contributed by atoms with van der Waals surface area (Å²) < 4.78 is 7.37. The Morgan fingerprint density at radius 1 is 1.10 bits per heavy atom. The number of piperazine rings is 1. The molecule has 2 aliphatic rings. The lowest BCUT2D eigenvalue weighted by atomic mass is 10.3. The third-order valence-corrected chi connectivity index (χ3v) is 7.09. The van der Waals surface area contributed by atoms with Crippen LogP contribution in [0.15, 0.2) is 45.5 Å². The van der Waals surface area contributed by atoms with Crippen LogP contribution in [0.25, 0.3) is 10.7 Å². The monoisotopic (exact) mass is 443 g/mol. The Bertz CT molecular complexity index is 1020. The van der Waals surface area contributed by atoms with Crippen molar-refractivity contribution in [1.29, 1.82) is 0 Å². The molecule has 0 N–H and O–H groups in total. The third kappa shape index (κ3) is 3.89. The summed E-state index contributed by atoms with van der Waals surface area (Å²) >= 11 is 3.10. The highest BCUT2D eigenvalue weighted by Gasteiger charge is 2.31. The first-order valence-corrected chi connectivity index (χ1v) is 11.8. The molecule has 1 saturated carbocycles. The van der Waals surface area contributed by atoms with Crippen LogP contribution >= 0.6 is 23.1 Å². The maximum absolute atomic E-state index is 12.7. The molecule has 2 fully saturated rings. The summed E-state index contributed by atoms with van der Waals surface area (Å²) in [6.07, 6.45) is 3.75.